The molecule has 1 unspecified atom stereocenters. The monoisotopic (exact) mass is 390 g/mol. The van der Waals surface area contributed by atoms with Crippen LogP contribution in [0.5, 0.6) is 5.75 Å². The van der Waals surface area contributed by atoms with Gasteiger partial charge in [0.25, 0.3) is 0 Å². The molecule has 0 aromatic heterocycles. The Bertz CT molecular complexity index is 888. The van der Waals surface area contributed by atoms with Gasteiger partial charge in [0.2, 0.25) is 11.8 Å². The van der Waals surface area contributed by atoms with Crippen LogP contribution in [0, 0.1) is 18.7 Å². The zero-order chi connectivity index (χ0) is 19.6. The number of hydrogen-bond donors (Lipinski definition) is 1. The van der Waals surface area contributed by atoms with Crippen LogP contribution in [0.1, 0.15) is 18.9 Å². The van der Waals surface area contributed by atoms with Gasteiger partial charge in [-0.15, -0.1) is 0 Å². The van der Waals surface area contributed by atoms with Crippen molar-refractivity contribution in [2.24, 2.45) is 5.92 Å². The fourth-order valence-electron chi connectivity index (χ4n) is 3.06. The Balaban J connectivity index is 1.75. The van der Waals surface area contributed by atoms with Gasteiger partial charge < -0.3 is 15.0 Å². The van der Waals surface area contributed by atoms with E-state index in [2.05, 4.69) is 5.32 Å². The highest BCUT2D eigenvalue weighted by atomic mass is 35.5. The van der Waals surface area contributed by atoms with Crippen molar-refractivity contribution in [1.82, 2.24) is 0 Å². The zero-order valence-corrected chi connectivity index (χ0v) is 15.8. The minimum absolute atomic E-state index is 0.0175. The largest absolute Gasteiger partial charge is 0.492 e. The molecule has 2 aromatic carbocycles. The van der Waals surface area contributed by atoms with Crippen LogP contribution in [-0.4, -0.2) is 25.0 Å². The second kappa shape index (κ2) is 7.96. The van der Waals surface area contributed by atoms with Crippen LogP contribution in [0.4, 0.5) is 15.8 Å². The topological polar surface area (TPSA) is 58.6 Å². The summed E-state index contributed by atoms with van der Waals surface area (Å²) in [5.74, 6) is -1.18. The summed E-state index contributed by atoms with van der Waals surface area (Å²) >= 11 is 6.01. The molecule has 7 heteroatoms. The second-order valence-corrected chi connectivity index (χ2v) is 6.86. The first-order valence-electron chi connectivity index (χ1n) is 8.68. The molecule has 3 rings (SSSR count). The summed E-state index contributed by atoms with van der Waals surface area (Å²) in [4.78, 5) is 26.3. The molecule has 2 aromatic rings. The van der Waals surface area contributed by atoms with E-state index in [1.165, 1.54) is 11.0 Å². The number of carbonyl (C=O) groups is 2. The molecule has 1 aliphatic rings. The lowest BCUT2D eigenvalue weighted by molar-refractivity contribution is -0.122. The second-order valence-electron chi connectivity index (χ2n) is 6.42. The molecule has 2 amide bonds. The lowest BCUT2D eigenvalue weighted by Gasteiger charge is -2.18. The van der Waals surface area contributed by atoms with Crippen molar-refractivity contribution < 1.29 is 18.7 Å². The number of amides is 2. The van der Waals surface area contributed by atoms with Crippen molar-refractivity contribution in [2.45, 2.75) is 20.3 Å². The van der Waals surface area contributed by atoms with E-state index in [1.54, 1.807) is 37.3 Å². The van der Waals surface area contributed by atoms with Gasteiger partial charge in [-0.2, -0.15) is 0 Å². The summed E-state index contributed by atoms with van der Waals surface area (Å²) in [7, 11) is 0. The molecule has 0 bridgehead atoms. The maximum Gasteiger partial charge on any atom is 0.229 e. The van der Waals surface area contributed by atoms with E-state index in [4.69, 9.17) is 16.3 Å². The van der Waals surface area contributed by atoms with E-state index >= 15 is 0 Å². The molecule has 5 nitrogen and oxygen atoms in total. The normalized spacial score (nSPS) is 16.5. The van der Waals surface area contributed by atoms with E-state index < -0.39 is 11.7 Å². The number of carbonyl (C=O) groups excluding carboxylic acids is 2. The maximum absolute atomic E-state index is 14.2. The molecule has 1 saturated heterocycles. The van der Waals surface area contributed by atoms with Gasteiger partial charge in [0, 0.05) is 18.0 Å². The predicted molar refractivity (Wildman–Crippen MR) is 103 cm³/mol. The van der Waals surface area contributed by atoms with Crippen LogP contribution in [0.2, 0.25) is 5.02 Å². The summed E-state index contributed by atoms with van der Waals surface area (Å²) in [5.41, 5.74) is 1.40. The standard InChI is InChI=1S/C20H20ClFN2O3/c1-3-27-18-7-5-14(21)10-16(18)23-20(26)13-9-19(25)24(11-13)17-6-4-12(2)8-15(17)22/h4-8,10,13H,3,9,11H2,1-2H3,(H,23,26). The number of aryl methyl sites for hydroxylation is 1. The highest BCUT2D eigenvalue weighted by molar-refractivity contribution is 6.31. The molecule has 1 N–H and O–H groups in total. The Labute approximate surface area is 162 Å². The fraction of sp³-hybridized carbons (Fsp3) is 0.300. The van der Waals surface area contributed by atoms with Crippen LogP contribution in [0.25, 0.3) is 0 Å². The van der Waals surface area contributed by atoms with Gasteiger partial charge in [-0.1, -0.05) is 17.7 Å². The number of nitrogens with one attached hydrogen (secondary N) is 1. The molecule has 1 atom stereocenters. The van der Waals surface area contributed by atoms with Crippen molar-refractivity contribution in [3.63, 3.8) is 0 Å². The minimum atomic E-state index is -0.591. The molecule has 1 fully saturated rings. The molecule has 0 saturated carbocycles. The first kappa shape index (κ1) is 19.2. The number of anilines is 2. The third kappa shape index (κ3) is 4.22. The number of hydrogen-bond acceptors (Lipinski definition) is 3. The van der Waals surface area contributed by atoms with Crippen molar-refractivity contribution in [3.8, 4) is 5.75 Å². The smallest absolute Gasteiger partial charge is 0.229 e. The van der Waals surface area contributed by atoms with E-state index in [9.17, 15) is 14.0 Å². The van der Waals surface area contributed by atoms with Gasteiger partial charge in [-0.25, -0.2) is 4.39 Å². The Kier molecular flexibility index (Phi) is 5.65. The number of benzene rings is 2. The third-order valence-electron chi connectivity index (χ3n) is 4.39. The molecule has 27 heavy (non-hydrogen) atoms. The summed E-state index contributed by atoms with van der Waals surface area (Å²) in [5, 5.41) is 3.23. The predicted octanol–water partition coefficient (Wildman–Crippen LogP) is 4.18. The number of ether oxygens (including phenoxy) is 1. The van der Waals surface area contributed by atoms with Gasteiger partial charge in [0.15, 0.2) is 0 Å². The van der Waals surface area contributed by atoms with E-state index in [0.29, 0.717) is 23.1 Å². The fourth-order valence-corrected chi connectivity index (χ4v) is 3.24. The average molecular weight is 391 g/mol. The van der Waals surface area contributed by atoms with Crippen LogP contribution >= 0.6 is 11.6 Å². The van der Waals surface area contributed by atoms with E-state index in [0.717, 1.165) is 5.56 Å². The summed E-state index contributed by atoms with van der Waals surface area (Å²) in [6.45, 7) is 4.17. The lowest BCUT2D eigenvalue weighted by atomic mass is 10.1. The quantitative estimate of drug-likeness (QED) is 0.833. The van der Waals surface area contributed by atoms with E-state index in [1.807, 2.05) is 6.92 Å². The molecule has 0 spiro atoms. The van der Waals surface area contributed by atoms with Crippen LogP contribution in [0.15, 0.2) is 36.4 Å². The first-order valence-corrected chi connectivity index (χ1v) is 9.06. The van der Waals surface area contributed by atoms with Gasteiger partial charge >= 0.3 is 0 Å². The summed E-state index contributed by atoms with van der Waals surface area (Å²) < 4.78 is 19.7. The minimum Gasteiger partial charge on any atom is -0.492 e. The number of nitrogens with zero attached hydrogens (tertiary/aromatic N) is 1. The van der Waals surface area contributed by atoms with Gasteiger partial charge in [-0.3, -0.25) is 9.59 Å². The molecular formula is C20H20ClFN2O3. The summed E-state index contributed by atoms with van der Waals surface area (Å²) in [6, 6.07) is 9.61. The van der Waals surface area contributed by atoms with Crippen LogP contribution in [0.3, 0.4) is 0 Å². The highest BCUT2D eigenvalue weighted by Gasteiger charge is 2.36. The van der Waals surface area contributed by atoms with Crippen molar-refractivity contribution in [3.05, 3.63) is 52.8 Å². The van der Waals surface area contributed by atoms with Crippen LogP contribution in [-0.2, 0) is 9.59 Å². The number of rotatable bonds is 5. The molecule has 1 aliphatic heterocycles. The van der Waals surface area contributed by atoms with Gasteiger partial charge in [0.1, 0.15) is 11.6 Å². The van der Waals surface area contributed by atoms with E-state index in [-0.39, 0.29) is 30.5 Å². The molecular weight excluding hydrogens is 371 g/mol. The van der Waals surface area contributed by atoms with Crippen molar-refractivity contribution >= 4 is 34.8 Å². The molecule has 0 radical (unpaired) electrons. The highest BCUT2D eigenvalue weighted by Crippen LogP contribution is 2.31. The third-order valence-corrected chi connectivity index (χ3v) is 4.62. The first-order chi connectivity index (χ1) is 12.9. The maximum atomic E-state index is 14.2. The van der Waals surface area contributed by atoms with Gasteiger partial charge in [-0.05, 0) is 49.7 Å². The summed E-state index contributed by atoms with van der Waals surface area (Å²) in [6.07, 6.45) is 0.0175. The van der Waals surface area contributed by atoms with Crippen LogP contribution < -0.4 is 15.0 Å². The average Bonchev–Trinajstić information content (AvgIpc) is 2.99. The lowest BCUT2D eigenvalue weighted by Crippen LogP contribution is -2.28. The molecule has 0 aliphatic carbocycles. The molecule has 142 valence electrons. The Morgan fingerprint density at radius 3 is 2.81 bits per heavy atom. The Hall–Kier alpha value is -2.60. The SMILES string of the molecule is CCOc1ccc(Cl)cc1NC(=O)C1CC(=O)N(c2ccc(C)cc2F)C1. The Morgan fingerprint density at radius 2 is 2.11 bits per heavy atom. The molecule has 1 heterocycles. The van der Waals surface area contributed by atoms with Gasteiger partial charge in [0.05, 0.1) is 23.9 Å². The number of halogens is 2. The Morgan fingerprint density at radius 1 is 1.33 bits per heavy atom. The zero-order valence-electron chi connectivity index (χ0n) is 15.1. The van der Waals surface area contributed by atoms with Crippen molar-refractivity contribution in [1.29, 1.82) is 0 Å². The van der Waals surface area contributed by atoms with Crippen molar-refractivity contribution in [2.75, 3.05) is 23.4 Å².